The van der Waals surface area contributed by atoms with Gasteiger partial charge in [0, 0.05) is 30.9 Å². The van der Waals surface area contributed by atoms with Gasteiger partial charge in [0.05, 0.1) is 36.2 Å². The second kappa shape index (κ2) is 12.8. The van der Waals surface area contributed by atoms with Crippen molar-refractivity contribution >= 4 is 23.7 Å². The molecule has 9 heteroatoms. The Kier molecular flexibility index (Phi) is 10.0. The van der Waals surface area contributed by atoms with Crippen molar-refractivity contribution in [2.45, 2.75) is 68.5 Å². The number of phenolic OH excluding ortho intramolecular Hbond substituents is 1. The lowest BCUT2D eigenvalue weighted by atomic mass is 9.98. The molecule has 2 aromatic carbocycles. The van der Waals surface area contributed by atoms with Crippen LogP contribution in [0, 0.1) is 6.92 Å². The van der Waals surface area contributed by atoms with Gasteiger partial charge in [0.25, 0.3) is 0 Å². The Labute approximate surface area is 222 Å². The van der Waals surface area contributed by atoms with Gasteiger partial charge in [-0.2, -0.15) is 0 Å². The molecular weight excluding hydrogens is 494 g/mol. The molecule has 0 unspecified atom stereocenters. The van der Waals surface area contributed by atoms with Crippen LogP contribution in [0.4, 0.5) is 0 Å². The van der Waals surface area contributed by atoms with E-state index in [2.05, 4.69) is 5.32 Å². The van der Waals surface area contributed by atoms with Crippen LogP contribution in [-0.2, 0) is 11.2 Å². The third-order valence-electron chi connectivity index (χ3n) is 6.24. The molecule has 1 aliphatic rings. The summed E-state index contributed by atoms with van der Waals surface area (Å²) in [5.41, 5.74) is 2.58. The van der Waals surface area contributed by atoms with Gasteiger partial charge in [0.1, 0.15) is 16.9 Å². The van der Waals surface area contributed by atoms with Gasteiger partial charge in [-0.1, -0.05) is 36.4 Å². The monoisotopic (exact) mass is 531 g/mol. The predicted octanol–water partition coefficient (Wildman–Crippen LogP) is 2.51. The predicted molar refractivity (Wildman–Crippen MR) is 145 cm³/mol. The maximum Gasteiger partial charge on any atom is 0.224 e. The first kappa shape index (κ1) is 29.0. The Hall–Kier alpha value is -2.56. The largest absolute Gasteiger partial charge is 0.508 e. The van der Waals surface area contributed by atoms with E-state index in [-0.39, 0.29) is 37.7 Å². The van der Waals surface area contributed by atoms with Crippen LogP contribution in [0.3, 0.4) is 0 Å². The summed E-state index contributed by atoms with van der Waals surface area (Å²) >= 11 is 1.27. The molecule has 8 nitrogen and oxygen atoms in total. The number of hydrogen-bond donors (Lipinski definition) is 6. The number of aliphatic hydroxyl groups excluding tert-OH is 4. The second-order valence-corrected chi connectivity index (χ2v) is 11.5. The lowest BCUT2D eigenvalue weighted by Crippen LogP contribution is -2.46. The normalized spacial score (nSPS) is 22.2. The highest BCUT2D eigenvalue weighted by Crippen LogP contribution is 2.37. The molecular formula is C28H37NO7S. The van der Waals surface area contributed by atoms with Gasteiger partial charge < -0.3 is 35.6 Å². The number of hydrogen-bond acceptors (Lipinski definition) is 8. The summed E-state index contributed by atoms with van der Waals surface area (Å²) in [6, 6.07) is 11.1. The van der Waals surface area contributed by atoms with Crippen molar-refractivity contribution < 1.29 is 35.1 Å². The molecule has 202 valence electrons. The van der Waals surface area contributed by atoms with Crippen LogP contribution in [0.15, 0.2) is 42.5 Å². The zero-order valence-electron chi connectivity index (χ0n) is 21.4. The van der Waals surface area contributed by atoms with E-state index in [9.17, 15) is 30.3 Å². The van der Waals surface area contributed by atoms with Crippen LogP contribution in [0.25, 0.3) is 6.08 Å². The maximum absolute atomic E-state index is 12.0. The fourth-order valence-corrected chi connectivity index (χ4v) is 5.39. The van der Waals surface area contributed by atoms with E-state index < -0.39 is 28.4 Å². The van der Waals surface area contributed by atoms with E-state index in [4.69, 9.17) is 4.74 Å². The average Bonchev–Trinajstić information content (AvgIpc) is 2.84. The van der Waals surface area contributed by atoms with Crippen LogP contribution in [0.1, 0.15) is 48.9 Å². The molecule has 4 atom stereocenters. The first-order valence-electron chi connectivity index (χ1n) is 12.3. The van der Waals surface area contributed by atoms with Crippen molar-refractivity contribution in [1.82, 2.24) is 5.32 Å². The summed E-state index contributed by atoms with van der Waals surface area (Å²) in [6.45, 7) is 5.00. The summed E-state index contributed by atoms with van der Waals surface area (Å²) < 4.78 is 6.17. The van der Waals surface area contributed by atoms with Crippen molar-refractivity contribution in [3.63, 3.8) is 0 Å². The summed E-state index contributed by atoms with van der Waals surface area (Å²) in [6.07, 6.45) is 2.59. The number of rotatable bonds is 10. The van der Waals surface area contributed by atoms with Gasteiger partial charge in [-0.3, -0.25) is 4.79 Å². The molecule has 0 spiro atoms. The van der Waals surface area contributed by atoms with Crippen LogP contribution >= 0.6 is 11.8 Å². The Morgan fingerprint density at radius 2 is 1.89 bits per heavy atom. The maximum atomic E-state index is 12.0. The minimum absolute atomic E-state index is 0.0725. The smallest absolute Gasteiger partial charge is 0.224 e. The standard InChI is InChI=1S/C28H37NO7S/c1-17-11-20(32)13-23(36-26-14-22(33)27(35)24(15-30)37-26)21(17)12-19-9-7-18(8-10-19)5-4-6-25(34)29-28(2,3)16-31/h4-5,7-11,13,22,24,26-27,30-33,35H,6,12,14-16H2,1-3H3,(H,29,34)/b5-4+/t22-,24-,26-,27+/m1/s1. The first-order valence-corrected chi connectivity index (χ1v) is 13.2. The molecule has 0 aliphatic carbocycles. The first-order chi connectivity index (χ1) is 17.5. The van der Waals surface area contributed by atoms with Gasteiger partial charge in [-0.25, -0.2) is 0 Å². The van der Waals surface area contributed by atoms with Gasteiger partial charge in [-0.15, -0.1) is 11.8 Å². The van der Waals surface area contributed by atoms with E-state index >= 15 is 0 Å². The van der Waals surface area contributed by atoms with Gasteiger partial charge in [-0.05, 0) is 43.5 Å². The van der Waals surface area contributed by atoms with Crippen molar-refractivity contribution in [2.24, 2.45) is 0 Å². The topological polar surface area (TPSA) is 139 Å². The fraction of sp³-hybridized carbons (Fsp3) is 0.464. The zero-order valence-corrected chi connectivity index (χ0v) is 22.2. The molecule has 1 fully saturated rings. The van der Waals surface area contributed by atoms with Crippen LogP contribution in [0.5, 0.6) is 11.5 Å². The summed E-state index contributed by atoms with van der Waals surface area (Å²) in [7, 11) is 0. The van der Waals surface area contributed by atoms with E-state index in [1.807, 2.05) is 37.3 Å². The summed E-state index contributed by atoms with van der Waals surface area (Å²) in [5.74, 6) is 0.407. The Balaban J connectivity index is 1.68. The SMILES string of the molecule is Cc1cc(O)cc(O[C@H]2C[C@@H](O)[C@H](O)[C@@H](CO)S2)c1Cc1ccc(/C=C/CC(=O)NC(C)(C)CO)cc1. The zero-order chi connectivity index (χ0) is 27.2. The van der Waals surface area contributed by atoms with Gasteiger partial charge in [0.15, 0.2) is 0 Å². The quantitative estimate of drug-likeness (QED) is 0.275. The van der Waals surface area contributed by atoms with E-state index in [1.165, 1.54) is 11.8 Å². The molecule has 1 saturated heterocycles. The minimum atomic E-state index is -1.02. The number of aliphatic hydroxyl groups is 4. The molecule has 6 N–H and O–H groups in total. The van der Waals surface area contributed by atoms with Crippen molar-refractivity contribution in [2.75, 3.05) is 13.2 Å². The average molecular weight is 532 g/mol. The van der Waals surface area contributed by atoms with Gasteiger partial charge in [0.2, 0.25) is 5.91 Å². The molecule has 1 heterocycles. The third kappa shape index (κ3) is 8.21. The second-order valence-electron chi connectivity index (χ2n) is 10.1. The van der Waals surface area contributed by atoms with Crippen molar-refractivity contribution in [3.8, 4) is 11.5 Å². The van der Waals surface area contributed by atoms with Crippen LogP contribution in [-0.4, -0.2) is 73.1 Å². The number of carbonyl (C=O) groups excluding carboxylic acids is 1. The van der Waals surface area contributed by atoms with Crippen molar-refractivity contribution in [1.29, 1.82) is 0 Å². The summed E-state index contributed by atoms with van der Waals surface area (Å²) in [4.78, 5) is 12.0. The molecule has 0 radical (unpaired) electrons. The number of phenols is 1. The van der Waals surface area contributed by atoms with E-state index in [1.54, 1.807) is 32.1 Å². The number of aryl methyl sites for hydroxylation is 1. The molecule has 37 heavy (non-hydrogen) atoms. The molecule has 3 rings (SSSR count). The number of benzene rings is 2. The lowest BCUT2D eigenvalue weighted by molar-refractivity contribution is -0.122. The highest BCUT2D eigenvalue weighted by Gasteiger charge is 2.37. The van der Waals surface area contributed by atoms with E-state index in [0.717, 1.165) is 22.3 Å². The number of amides is 1. The Morgan fingerprint density at radius 1 is 1.19 bits per heavy atom. The summed E-state index contributed by atoms with van der Waals surface area (Å²) in [5, 5.41) is 51.4. The highest BCUT2D eigenvalue weighted by molar-refractivity contribution is 8.00. The number of carbonyl (C=O) groups is 1. The Bertz CT molecular complexity index is 1090. The molecule has 0 bridgehead atoms. The molecule has 1 amide bonds. The van der Waals surface area contributed by atoms with Crippen LogP contribution < -0.4 is 10.1 Å². The molecule has 0 aromatic heterocycles. The lowest BCUT2D eigenvalue weighted by Gasteiger charge is -2.35. The van der Waals surface area contributed by atoms with E-state index in [0.29, 0.717) is 12.2 Å². The molecule has 0 saturated carbocycles. The number of nitrogens with one attached hydrogen (secondary N) is 1. The van der Waals surface area contributed by atoms with Crippen LogP contribution in [0.2, 0.25) is 0 Å². The number of aromatic hydroxyl groups is 1. The fourth-order valence-electron chi connectivity index (χ4n) is 4.10. The number of ether oxygens (including phenoxy) is 1. The molecule has 2 aromatic rings. The van der Waals surface area contributed by atoms with Crippen molar-refractivity contribution in [3.05, 3.63) is 64.7 Å². The third-order valence-corrected chi connectivity index (χ3v) is 7.61. The minimum Gasteiger partial charge on any atom is -0.508 e. The highest BCUT2D eigenvalue weighted by atomic mass is 32.2. The molecule has 1 aliphatic heterocycles. The number of thioether (sulfide) groups is 1. The van der Waals surface area contributed by atoms with Gasteiger partial charge >= 0.3 is 0 Å². The Morgan fingerprint density at radius 3 is 2.54 bits per heavy atom.